The number of unbranched alkanes of at least 4 members (excludes halogenated alkanes) is 36. The fourth-order valence-corrected chi connectivity index (χ4v) is 10.0. The molecule has 424 valence electrons. The van der Waals surface area contributed by atoms with Crippen molar-refractivity contribution < 1.29 is 32.9 Å². The maximum atomic E-state index is 13.0. The zero-order chi connectivity index (χ0) is 52.7. The smallest absolute Gasteiger partial charge is 0.391 e. The summed E-state index contributed by atoms with van der Waals surface area (Å²) in [6.45, 7) is 4.82. The van der Waals surface area contributed by atoms with E-state index in [1.165, 1.54) is 205 Å². The number of likely N-dealkylation sites (N-methyl/N-ethyl adjacent to an activating group) is 1. The lowest BCUT2D eigenvalue weighted by molar-refractivity contribution is -0.870. The van der Waals surface area contributed by atoms with Gasteiger partial charge >= 0.3 is 7.82 Å². The Labute approximate surface area is 448 Å². The van der Waals surface area contributed by atoms with E-state index in [0.717, 1.165) is 64.2 Å². The minimum Gasteiger partial charge on any atom is -0.391 e. The Morgan fingerprint density at radius 1 is 0.486 bits per heavy atom. The number of rotatable bonds is 57. The van der Waals surface area contributed by atoms with Crippen molar-refractivity contribution >= 4 is 13.7 Å². The van der Waals surface area contributed by atoms with Gasteiger partial charge in [0.2, 0.25) is 5.91 Å². The second kappa shape index (κ2) is 54.3. The Bertz CT molecular complexity index is 1310. The van der Waals surface area contributed by atoms with E-state index in [1.807, 2.05) is 21.1 Å². The summed E-state index contributed by atoms with van der Waals surface area (Å²) >= 11 is 0. The van der Waals surface area contributed by atoms with Crippen molar-refractivity contribution in [1.29, 1.82) is 0 Å². The molecule has 3 atom stereocenters. The number of carbonyl (C=O) groups excluding carboxylic acids is 1. The Hall–Kier alpha value is -1.54. The molecule has 0 aliphatic rings. The fraction of sp³-hybridized carbons (Fsp3) is 0.857. The number of aliphatic hydroxyl groups is 1. The summed E-state index contributed by atoms with van der Waals surface area (Å²) in [6, 6.07) is -0.762. The lowest BCUT2D eigenvalue weighted by Gasteiger charge is -2.26. The van der Waals surface area contributed by atoms with Gasteiger partial charge in [0.1, 0.15) is 13.2 Å². The van der Waals surface area contributed by atoms with Crippen molar-refractivity contribution in [3.63, 3.8) is 0 Å². The maximum Gasteiger partial charge on any atom is 0.472 e. The normalized spacial score (nSPS) is 14.2. The van der Waals surface area contributed by atoms with Gasteiger partial charge in [-0.2, -0.15) is 0 Å². The number of aliphatic hydroxyl groups excluding tert-OH is 1. The monoisotopic (exact) mass is 1030 g/mol. The highest BCUT2D eigenvalue weighted by Gasteiger charge is 2.28. The number of nitrogens with one attached hydrogen (secondary N) is 1. The molecular formula is C63H122N2O6P+. The van der Waals surface area contributed by atoms with Crippen LogP contribution in [-0.2, 0) is 18.4 Å². The maximum absolute atomic E-state index is 13.0. The van der Waals surface area contributed by atoms with Gasteiger partial charge in [-0.3, -0.25) is 13.8 Å². The molecule has 0 radical (unpaired) electrons. The van der Waals surface area contributed by atoms with Gasteiger partial charge in [-0.1, -0.05) is 287 Å². The van der Waals surface area contributed by atoms with Crippen molar-refractivity contribution in [2.75, 3.05) is 40.9 Å². The van der Waals surface area contributed by atoms with Crippen LogP contribution < -0.4 is 5.32 Å². The van der Waals surface area contributed by atoms with Gasteiger partial charge in [0.05, 0.1) is 39.9 Å². The van der Waals surface area contributed by atoms with Crippen LogP contribution in [0.15, 0.2) is 48.6 Å². The molecule has 0 aromatic carbocycles. The van der Waals surface area contributed by atoms with Crippen LogP contribution in [0.5, 0.6) is 0 Å². The number of hydrogen-bond donors (Lipinski definition) is 3. The van der Waals surface area contributed by atoms with Crippen molar-refractivity contribution in [1.82, 2.24) is 5.32 Å². The van der Waals surface area contributed by atoms with Gasteiger partial charge in [0, 0.05) is 6.42 Å². The number of amides is 1. The van der Waals surface area contributed by atoms with Crippen LogP contribution in [0.4, 0.5) is 0 Å². The molecule has 9 heteroatoms. The molecule has 72 heavy (non-hydrogen) atoms. The molecule has 8 nitrogen and oxygen atoms in total. The van der Waals surface area contributed by atoms with Gasteiger partial charge in [-0.05, 0) is 51.4 Å². The lowest BCUT2D eigenvalue weighted by atomic mass is 10.0. The molecule has 0 aliphatic heterocycles. The Morgan fingerprint density at radius 2 is 0.833 bits per heavy atom. The number of phosphoric ester groups is 1. The van der Waals surface area contributed by atoms with Crippen LogP contribution in [-0.4, -0.2) is 73.4 Å². The summed E-state index contributed by atoms with van der Waals surface area (Å²) in [5.74, 6) is -0.141. The van der Waals surface area contributed by atoms with Crippen LogP contribution in [0.2, 0.25) is 0 Å². The minimum atomic E-state index is -4.33. The number of hydrogen-bond acceptors (Lipinski definition) is 5. The average Bonchev–Trinajstić information content (AvgIpc) is 3.34. The molecule has 0 saturated heterocycles. The fourth-order valence-electron chi connectivity index (χ4n) is 9.28. The first-order valence-electron chi connectivity index (χ1n) is 31.0. The first kappa shape index (κ1) is 70.5. The zero-order valence-corrected chi connectivity index (χ0v) is 49.3. The third kappa shape index (κ3) is 56.2. The molecule has 0 aromatic rings. The molecule has 3 unspecified atom stereocenters. The van der Waals surface area contributed by atoms with Crippen molar-refractivity contribution in [3.05, 3.63) is 48.6 Å². The third-order valence-corrected chi connectivity index (χ3v) is 15.1. The Balaban J connectivity index is 4.08. The molecule has 0 saturated carbocycles. The highest BCUT2D eigenvalue weighted by Crippen LogP contribution is 2.43. The molecular weight excluding hydrogens is 912 g/mol. The lowest BCUT2D eigenvalue weighted by Crippen LogP contribution is -2.46. The molecule has 0 spiro atoms. The molecule has 0 fully saturated rings. The Kier molecular flexibility index (Phi) is 53.1. The van der Waals surface area contributed by atoms with Crippen LogP contribution >= 0.6 is 7.82 Å². The third-order valence-electron chi connectivity index (χ3n) is 14.1. The number of phosphoric acid groups is 1. The van der Waals surface area contributed by atoms with E-state index >= 15 is 0 Å². The number of carbonyl (C=O) groups is 1. The van der Waals surface area contributed by atoms with Crippen molar-refractivity contribution in [2.45, 2.75) is 309 Å². The topological polar surface area (TPSA) is 105 Å². The molecule has 0 rings (SSSR count). The first-order valence-corrected chi connectivity index (χ1v) is 32.5. The van der Waals surface area contributed by atoms with E-state index in [-0.39, 0.29) is 19.1 Å². The van der Waals surface area contributed by atoms with E-state index in [0.29, 0.717) is 23.9 Å². The van der Waals surface area contributed by atoms with Gasteiger partial charge in [0.15, 0.2) is 0 Å². The predicted octanol–water partition coefficient (Wildman–Crippen LogP) is 19.1. The molecule has 0 aliphatic carbocycles. The summed E-state index contributed by atoms with van der Waals surface area (Å²) in [7, 11) is 1.63. The van der Waals surface area contributed by atoms with E-state index < -0.39 is 20.0 Å². The molecule has 1 amide bonds. The molecule has 0 bridgehead atoms. The van der Waals surface area contributed by atoms with E-state index in [1.54, 1.807) is 0 Å². The van der Waals surface area contributed by atoms with Crippen LogP contribution in [0, 0.1) is 0 Å². The van der Waals surface area contributed by atoms with Gasteiger partial charge < -0.3 is 19.8 Å². The first-order chi connectivity index (χ1) is 35.0. The van der Waals surface area contributed by atoms with Gasteiger partial charge in [-0.15, -0.1) is 0 Å². The minimum absolute atomic E-state index is 0.0753. The molecule has 3 N–H and O–H groups in total. The van der Waals surface area contributed by atoms with Crippen molar-refractivity contribution in [3.8, 4) is 0 Å². The molecule has 0 aromatic heterocycles. The molecule has 0 heterocycles. The van der Waals surface area contributed by atoms with Gasteiger partial charge in [-0.25, -0.2) is 4.57 Å². The number of quaternary nitrogens is 1. The SMILES string of the molecule is CC/C=C\C/C=C\C/C=C\C/C=C\CCCCCCCCCCCCCCCCCCC(=O)NC(COP(=O)(O)OCC[N+](C)(C)C)C(O)CCCCCCCCCCCCCCCCCCCCCCC. The van der Waals surface area contributed by atoms with Crippen LogP contribution in [0.1, 0.15) is 296 Å². The summed E-state index contributed by atoms with van der Waals surface area (Å²) in [5, 5.41) is 14.1. The van der Waals surface area contributed by atoms with Crippen LogP contribution in [0.3, 0.4) is 0 Å². The standard InChI is InChI=1S/C63H121N2O6P/c1-6-8-10-12-14-16-18-20-22-24-26-28-29-30-31-32-33-34-35-37-39-41-43-45-47-49-51-53-55-57-63(67)64-61(60-71-72(68,69)70-59-58-65(3,4)5)62(66)56-54-52-50-48-46-44-42-40-38-36-27-25-23-21-19-17-15-13-11-9-7-2/h8,10,14,16,20,22,26,28,61-62,66H,6-7,9,11-13,15,17-19,21,23-25,27,29-60H2,1-5H3,(H-,64,67,68,69)/p+1/b10-8-,16-14-,22-20-,28-26-. The van der Waals surface area contributed by atoms with Crippen LogP contribution in [0.25, 0.3) is 0 Å². The largest absolute Gasteiger partial charge is 0.472 e. The summed E-state index contributed by atoms with van der Waals surface area (Å²) in [4.78, 5) is 23.4. The number of allylic oxidation sites excluding steroid dienone is 8. The average molecular weight is 1030 g/mol. The highest BCUT2D eigenvalue weighted by molar-refractivity contribution is 7.47. The number of nitrogens with zero attached hydrogens (tertiary/aromatic N) is 1. The highest BCUT2D eigenvalue weighted by atomic mass is 31.2. The van der Waals surface area contributed by atoms with E-state index in [4.69, 9.17) is 9.05 Å². The van der Waals surface area contributed by atoms with E-state index in [9.17, 15) is 19.4 Å². The summed E-state index contributed by atoms with van der Waals surface area (Å²) < 4.78 is 23.8. The quantitative estimate of drug-likeness (QED) is 0.0243. The zero-order valence-electron chi connectivity index (χ0n) is 48.4. The predicted molar refractivity (Wildman–Crippen MR) is 314 cm³/mol. The second-order valence-corrected chi connectivity index (χ2v) is 23.9. The van der Waals surface area contributed by atoms with Crippen molar-refractivity contribution in [2.24, 2.45) is 0 Å². The Morgan fingerprint density at radius 3 is 1.22 bits per heavy atom. The van der Waals surface area contributed by atoms with E-state index in [2.05, 4.69) is 67.8 Å². The van der Waals surface area contributed by atoms with Gasteiger partial charge in [0.25, 0.3) is 0 Å². The summed E-state index contributed by atoms with van der Waals surface area (Å²) in [6.07, 6.45) is 71.8. The summed E-state index contributed by atoms with van der Waals surface area (Å²) in [5.41, 5.74) is 0. The second-order valence-electron chi connectivity index (χ2n) is 22.4.